The molecular formula is C24H31NO3S. The molecule has 0 spiro atoms. The minimum atomic E-state index is -0.909. The normalized spacial score (nSPS) is 16.0. The molecule has 0 radical (unpaired) electrons. The lowest BCUT2D eigenvalue weighted by Gasteiger charge is -2.21. The maximum Gasteiger partial charge on any atom is 0.228 e. The fourth-order valence-corrected chi connectivity index (χ4v) is 5.08. The van der Waals surface area contributed by atoms with E-state index in [1.165, 1.54) is 5.56 Å². The van der Waals surface area contributed by atoms with Crippen LogP contribution in [0.5, 0.6) is 0 Å². The van der Waals surface area contributed by atoms with Crippen molar-refractivity contribution in [2.75, 3.05) is 18.5 Å². The highest BCUT2D eigenvalue weighted by Gasteiger charge is 2.20. The minimum Gasteiger partial charge on any atom is -0.381 e. The van der Waals surface area contributed by atoms with E-state index in [1.807, 2.05) is 36.4 Å². The molecule has 1 heterocycles. The molecular weight excluding hydrogens is 382 g/mol. The van der Waals surface area contributed by atoms with Gasteiger partial charge in [-0.3, -0.25) is 9.00 Å². The lowest BCUT2D eigenvalue weighted by molar-refractivity contribution is -0.115. The molecule has 0 saturated carbocycles. The van der Waals surface area contributed by atoms with Crippen LogP contribution < -0.4 is 5.32 Å². The molecule has 0 aromatic heterocycles. The molecule has 29 heavy (non-hydrogen) atoms. The van der Waals surface area contributed by atoms with Crippen LogP contribution in [-0.2, 0) is 38.9 Å². The third-order valence-corrected chi connectivity index (χ3v) is 6.92. The summed E-state index contributed by atoms with van der Waals surface area (Å²) in [6.07, 6.45) is 3.12. The number of hydrogen-bond donors (Lipinski definition) is 1. The molecule has 1 N–H and O–H groups in total. The van der Waals surface area contributed by atoms with Gasteiger partial charge < -0.3 is 10.1 Å². The van der Waals surface area contributed by atoms with Gasteiger partial charge in [0.2, 0.25) is 5.91 Å². The maximum atomic E-state index is 12.6. The van der Waals surface area contributed by atoms with Gasteiger partial charge in [-0.05, 0) is 54.0 Å². The molecule has 156 valence electrons. The van der Waals surface area contributed by atoms with Gasteiger partial charge in [0.25, 0.3) is 0 Å². The second kappa shape index (κ2) is 10.7. The Bertz CT molecular complexity index is 826. The summed E-state index contributed by atoms with van der Waals surface area (Å²) in [7, 11) is -0.909. The fraction of sp³-hybridized carbons (Fsp3) is 0.458. The van der Waals surface area contributed by atoms with E-state index in [0.29, 0.717) is 31.3 Å². The Morgan fingerprint density at radius 1 is 1.07 bits per heavy atom. The zero-order valence-corrected chi connectivity index (χ0v) is 18.2. The van der Waals surface area contributed by atoms with Gasteiger partial charge in [-0.1, -0.05) is 50.2 Å². The highest BCUT2D eigenvalue weighted by Crippen LogP contribution is 2.19. The fourth-order valence-electron chi connectivity index (χ4n) is 3.62. The predicted octanol–water partition coefficient (Wildman–Crippen LogP) is 4.49. The van der Waals surface area contributed by atoms with E-state index in [-0.39, 0.29) is 11.2 Å². The summed E-state index contributed by atoms with van der Waals surface area (Å²) in [6.45, 7) is 5.80. The van der Waals surface area contributed by atoms with Crippen LogP contribution in [-0.4, -0.2) is 28.6 Å². The molecule has 2 aromatic rings. The molecule has 1 saturated heterocycles. The first-order valence-corrected chi connectivity index (χ1v) is 11.8. The molecule has 1 fully saturated rings. The molecule has 5 heteroatoms. The zero-order chi connectivity index (χ0) is 20.6. The first-order chi connectivity index (χ1) is 14.0. The highest BCUT2D eigenvalue weighted by atomic mass is 32.2. The maximum absolute atomic E-state index is 12.6. The van der Waals surface area contributed by atoms with Gasteiger partial charge in [-0.2, -0.15) is 0 Å². The number of rotatable bonds is 8. The van der Waals surface area contributed by atoms with Gasteiger partial charge in [-0.25, -0.2) is 0 Å². The van der Waals surface area contributed by atoms with Gasteiger partial charge >= 0.3 is 0 Å². The number of hydrogen-bond acceptors (Lipinski definition) is 3. The Hall–Kier alpha value is -1.98. The van der Waals surface area contributed by atoms with Crippen molar-refractivity contribution in [1.29, 1.82) is 0 Å². The quantitative estimate of drug-likeness (QED) is 0.693. The largest absolute Gasteiger partial charge is 0.381 e. The van der Waals surface area contributed by atoms with E-state index in [4.69, 9.17) is 4.74 Å². The molecule has 1 amide bonds. The Morgan fingerprint density at radius 2 is 1.76 bits per heavy atom. The molecule has 2 aromatic carbocycles. The first-order valence-electron chi connectivity index (χ1n) is 10.4. The minimum absolute atomic E-state index is 0.0377. The summed E-state index contributed by atoms with van der Waals surface area (Å²) in [4.78, 5) is 12.4. The lowest BCUT2D eigenvalue weighted by Crippen LogP contribution is -2.25. The summed E-state index contributed by atoms with van der Waals surface area (Å²) in [5.74, 6) is 1.10. The van der Waals surface area contributed by atoms with E-state index >= 15 is 0 Å². The van der Waals surface area contributed by atoms with Crippen LogP contribution >= 0.6 is 0 Å². The Balaban J connectivity index is 1.53. The van der Waals surface area contributed by atoms with E-state index in [9.17, 15) is 9.00 Å². The van der Waals surface area contributed by atoms with Crippen LogP contribution in [0.1, 0.15) is 43.4 Å². The summed E-state index contributed by atoms with van der Waals surface area (Å²) in [6, 6.07) is 16.0. The van der Waals surface area contributed by atoms with Gasteiger partial charge in [0.15, 0.2) is 0 Å². The monoisotopic (exact) mass is 413 g/mol. The summed E-state index contributed by atoms with van der Waals surface area (Å²) >= 11 is 0. The summed E-state index contributed by atoms with van der Waals surface area (Å²) in [5.41, 5.74) is 4.06. The highest BCUT2D eigenvalue weighted by molar-refractivity contribution is 7.84. The topological polar surface area (TPSA) is 55.4 Å². The van der Waals surface area contributed by atoms with E-state index < -0.39 is 10.8 Å². The standard InChI is InChI=1S/C24H31NO3S/c1-18(2)14-19-6-8-20(9-7-19)16-24(26)25-22-5-3-4-21(15-22)17-29(27)23-10-12-28-13-11-23/h3-9,15,18,23H,10-14,16-17H2,1-2H3,(H,25,26). The van der Waals surface area contributed by atoms with E-state index in [0.717, 1.165) is 36.1 Å². The van der Waals surface area contributed by atoms with Crippen molar-refractivity contribution in [2.24, 2.45) is 5.92 Å². The molecule has 0 aliphatic carbocycles. The van der Waals surface area contributed by atoms with E-state index in [1.54, 1.807) is 0 Å². The molecule has 1 aliphatic rings. The van der Waals surface area contributed by atoms with Gasteiger partial charge in [0.05, 0.1) is 6.42 Å². The van der Waals surface area contributed by atoms with Crippen molar-refractivity contribution in [3.63, 3.8) is 0 Å². The third-order valence-electron chi connectivity index (χ3n) is 5.09. The van der Waals surface area contributed by atoms with Crippen LogP contribution in [0.25, 0.3) is 0 Å². The zero-order valence-electron chi connectivity index (χ0n) is 17.4. The molecule has 1 unspecified atom stereocenters. The lowest BCUT2D eigenvalue weighted by atomic mass is 10.0. The molecule has 0 bridgehead atoms. The molecule has 1 aliphatic heterocycles. The van der Waals surface area contributed by atoms with E-state index in [2.05, 4.69) is 31.3 Å². The smallest absolute Gasteiger partial charge is 0.228 e. The van der Waals surface area contributed by atoms with Crippen LogP contribution in [0.15, 0.2) is 48.5 Å². The average Bonchev–Trinajstić information content (AvgIpc) is 2.70. The van der Waals surface area contributed by atoms with Crippen LogP contribution in [0.2, 0.25) is 0 Å². The van der Waals surface area contributed by atoms with Crippen molar-refractivity contribution in [2.45, 2.75) is 50.5 Å². The predicted molar refractivity (Wildman–Crippen MR) is 119 cm³/mol. The molecule has 1 atom stereocenters. The number of nitrogens with one attached hydrogen (secondary N) is 1. The van der Waals surface area contributed by atoms with Crippen molar-refractivity contribution in [3.8, 4) is 0 Å². The first kappa shape index (κ1) is 21.7. The molecule has 4 nitrogen and oxygen atoms in total. The summed E-state index contributed by atoms with van der Waals surface area (Å²) < 4.78 is 18.0. The van der Waals surface area contributed by atoms with Crippen molar-refractivity contribution < 1.29 is 13.7 Å². The van der Waals surface area contributed by atoms with Crippen LogP contribution in [0.4, 0.5) is 5.69 Å². The Kier molecular flexibility index (Phi) is 8.01. The Morgan fingerprint density at radius 3 is 2.45 bits per heavy atom. The number of amides is 1. The SMILES string of the molecule is CC(C)Cc1ccc(CC(=O)Nc2cccc(CS(=O)C3CCOCC3)c2)cc1. The average molecular weight is 414 g/mol. The number of benzene rings is 2. The van der Waals surface area contributed by atoms with Crippen molar-refractivity contribution >= 4 is 22.4 Å². The summed E-state index contributed by atoms with van der Waals surface area (Å²) in [5, 5.41) is 3.18. The van der Waals surface area contributed by atoms with Gasteiger partial charge in [-0.15, -0.1) is 0 Å². The van der Waals surface area contributed by atoms with Gasteiger partial charge in [0, 0.05) is 40.7 Å². The second-order valence-electron chi connectivity index (χ2n) is 8.18. The molecule has 3 rings (SSSR count). The van der Waals surface area contributed by atoms with Crippen molar-refractivity contribution in [3.05, 3.63) is 65.2 Å². The third kappa shape index (κ3) is 7.09. The van der Waals surface area contributed by atoms with Crippen molar-refractivity contribution in [1.82, 2.24) is 0 Å². The number of carbonyl (C=O) groups is 1. The second-order valence-corrected chi connectivity index (χ2v) is 9.89. The Labute approximate surface area is 176 Å². The van der Waals surface area contributed by atoms with Crippen LogP contribution in [0.3, 0.4) is 0 Å². The van der Waals surface area contributed by atoms with Gasteiger partial charge in [0.1, 0.15) is 0 Å². The van der Waals surface area contributed by atoms with Crippen LogP contribution in [0, 0.1) is 5.92 Å². The number of carbonyl (C=O) groups excluding carboxylic acids is 1. The number of anilines is 1. The number of ether oxygens (including phenoxy) is 1.